The van der Waals surface area contributed by atoms with Gasteiger partial charge in [-0.05, 0) is 12.1 Å². The predicted molar refractivity (Wildman–Crippen MR) is 39.3 cm³/mol. The van der Waals surface area contributed by atoms with Crippen molar-refractivity contribution in [2.45, 2.75) is 0 Å². The van der Waals surface area contributed by atoms with E-state index in [9.17, 15) is 4.79 Å². The Morgan fingerprint density at radius 3 is 3.17 bits per heavy atom. The zero-order chi connectivity index (χ0) is 9.26. The van der Waals surface area contributed by atoms with Crippen molar-refractivity contribution >= 4 is 6.47 Å². The van der Waals surface area contributed by atoms with E-state index in [0.29, 0.717) is 23.7 Å². The van der Waals surface area contributed by atoms with Crippen LogP contribution in [0.4, 0.5) is 0 Å². The van der Waals surface area contributed by atoms with E-state index in [4.69, 9.17) is 10.8 Å². The lowest BCUT2D eigenvalue weighted by atomic mass is 10.3. The van der Waals surface area contributed by atoms with Crippen LogP contribution in [0.25, 0.3) is 0 Å². The Morgan fingerprint density at radius 2 is 2.33 bits per heavy atom. The summed E-state index contributed by atoms with van der Waals surface area (Å²) in [6.45, 7) is -0.697. The number of carbonyl (C=O) groups excluding carboxylic acids is 1. The van der Waals surface area contributed by atoms with Gasteiger partial charge in [-0.2, -0.15) is 0 Å². The second-order valence-electron chi connectivity index (χ2n) is 2.15. The molecule has 0 bridgehead atoms. The van der Waals surface area contributed by atoms with Gasteiger partial charge < -0.3 is 14.2 Å². The molecule has 62 valence electrons. The molecule has 0 aliphatic carbocycles. The number of rotatable bonds is 2. The van der Waals surface area contributed by atoms with Crippen LogP contribution in [0.3, 0.4) is 0 Å². The summed E-state index contributed by atoms with van der Waals surface area (Å²) in [6, 6.07) is 4.65. The van der Waals surface area contributed by atoms with Gasteiger partial charge in [-0.25, -0.2) is 0 Å². The third-order valence-corrected chi connectivity index (χ3v) is 1.45. The maximum absolute atomic E-state index is 10.0. The van der Waals surface area contributed by atoms with E-state index in [0.717, 1.165) is 0 Å². The average molecular weight is 167 g/mol. The number of ether oxygens (including phenoxy) is 3. The lowest BCUT2D eigenvalue weighted by molar-refractivity contribution is -0.120. The van der Waals surface area contributed by atoms with Crippen molar-refractivity contribution in [1.82, 2.24) is 0 Å². The fourth-order valence-corrected chi connectivity index (χ4v) is 0.934. The third kappa shape index (κ3) is 1.07. The minimum absolute atomic E-state index is 0.329. The normalized spacial score (nSPS) is 20.0. The molecule has 0 aromatic heterocycles. The number of carbonyl (C=O) groups is 1. The van der Waals surface area contributed by atoms with Gasteiger partial charge in [-0.15, -0.1) is 0 Å². The molecule has 1 aliphatic rings. The predicted octanol–water partition coefficient (Wildman–Crippen LogP) is 0.950. The molecular weight excluding hydrogens is 160 g/mol. The molecule has 0 saturated heterocycles. The highest BCUT2D eigenvalue weighted by atomic mass is 16.7. The fraction of sp³-hybridized carbons (Fsp3) is 0.125. The summed E-state index contributed by atoms with van der Waals surface area (Å²) in [5, 5.41) is 0. The Bertz CT molecular complexity index is 339. The Kier molecular flexibility index (Phi) is 1.34. The van der Waals surface area contributed by atoms with Gasteiger partial charge in [0.05, 0.1) is 0 Å². The van der Waals surface area contributed by atoms with Crippen LogP contribution in [0.2, 0.25) is 0 Å². The van der Waals surface area contributed by atoms with Crippen molar-refractivity contribution in [3.63, 3.8) is 0 Å². The molecule has 1 aromatic rings. The molecule has 1 aliphatic heterocycles. The van der Waals surface area contributed by atoms with Crippen LogP contribution in [-0.4, -0.2) is 13.2 Å². The molecule has 1 heterocycles. The number of hydrogen-bond donors (Lipinski definition) is 0. The summed E-state index contributed by atoms with van der Waals surface area (Å²) in [6.07, 6.45) is 0. The Morgan fingerprint density at radius 1 is 1.50 bits per heavy atom. The second kappa shape index (κ2) is 2.73. The van der Waals surface area contributed by atoms with E-state index in [2.05, 4.69) is 4.74 Å². The largest absolute Gasteiger partial charge is 0.454 e. The Labute approximate surface area is 70.1 Å². The SMILES string of the molecule is [2H]C1Oc2ccc(OC=O)cc2O1. The Hall–Kier alpha value is -1.71. The summed E-state index contributed by atoms with van der Waals surface area (Å²) in [5.41, 5.74) is 0. The quantitative estimate of drug-likeness (QED) is 0.615. The first-order chi connectivity index (χ1) is 6.29. The van der Waals surface area contributed by atoms with Gasteiger partial charge in [0, 0.05) is 6.07 Å². The van der Waals surface area contributed by atoms with Crippen LogP contribution in [-0.2, 0) is 4.79 Å². The van der Waals surface area contributed by atoms with Crippen LogP contribution in [0.5, 0.6) is 17.2 Å². The monoisotopic (exact) mass is 167 g/mol. The molecule has 2 rings (SSSR count). The minimum atomic E-state index is -1.03. The Balaban J connectivity index is 2.29. The van der Waals surface area contributed by atoms with Gasteiger partial charge in [0.2, 0.25) is 6.77 Å². The number of hydrogen-bond acceptors (Lipinski definition) is 4. The van der Waals surface area contributed by atoms with Crippen molar-refractivity contribution in [3.05, 3.63) is 18.2 Å². The zero-order valence-electron chi connectivity index (χ0n) is 7.02. The molecule has 0 fully saturated rings. The average Bonchev–Trinajstić information content (AvgIpc) is 2.44. The van der Waals surface area contributed by atoms with E-state index in [-0.39, 0.29) is 0 Å². The van der Waals surface area contributed by atoms with Gasteiger partial charge in [-0.1, -0.05) is 0 Å². The minimum Gasteiger partial charge on any atom is -0.454 e. The van der Waals surface area contributed by atoms with Gasteiger partial charge >= 0.3 is 0 Å². The number of benzene rings is 1. The van der Waals surface area contributed by atoms with Crippen molar-refractivity contribution < 1.29 is 20.4 Å². The lowest BCUT2D eigenvalue weighted by Gasteiger charge is -1.98. The first-order valence-corrected chi connectivity index (χ1v) is 3.29. The molecule has 4 heteroatoms. The first kappa shape index (κ1) is 5.88. The maximum atomic E-state index is 10.0. The molecule has 0 amide bonds. The van der Waals surface area contributed by atoms with Gasteiger partial charge in [0.15, 0.2) is 11.5 Å². The maximum Gasteiger partial charge on any atom is 0.298 e. The highest BCUT2D eigenvalue weighted by molar-refractivity contribution is 5.51. The molecule has 4 nitrogen and oxygen atoms in total. The molecule has 0 radical (unpaired) electrons. The van der Waals surface area contributed by atoms with Crippen LogP contribution < -0.4 is 14.2 Å². The van der Waals surface area contributed by atoms with Gasteiger partial charge in [0.25, 0.3) is 6.47 Å². The summed E-state index contributed by atoms with van der Waals surface area (Å²) >= 11 is 0. The van der Waals surface area contributed by atoms with Crippen LogP contribution in [0, 0.1) is 0 Å². The first-order valence-electron chi connectivity index (χ1n) is 3.87. The van der Waals surface area contributed by atoms with E-state index in [1.54, 1.807) is 12.1 Å². The molecular formula is C8H6O4. The molecule has 1 unspecified atom stereocenters. The standard InChI is InChI=1S/C8H6O4/c9-4-10-6-1-2-7-8(3-6)12-5-11-7/h1-4H,5H2/i5D. The summed E-state index contributed by atoms with van der Waals surface area (Å²) < 4.78 is 21.6. The molecule has 1 aromatic carbocycles. The lowest BCUT2D eigenvalue weighted by Crippen LogP contribution is -1.93. The second-order valence-corrected chi connectivity index (χ2v) is 2.15. The molecule has 12 heavy (non-hydrogen) atoms. The van der Waals surface area contributed by atoms with Gasteiger partial charge in [0.1, 0.15) is 7.12 Å². The molecule has 0 N–H and O–H groups in total. The van der Waals surface area contributed by atoms with Crippen LogP contribution >= 0.6 is 0 Å². The van der Waals surface area contributed by atoms with E-state index in [1.165, 1.54) is 6.07 Å². The molecule has 1 atom stereocenters. The zero-order valence-corrected chi connectivity index (χ0v) is 6.02. The van der Waals surface area contributed by atoms with Crippen molar-refractivity contribution in [1.29, 1.82) is 0 Å². The highest BCUT2D eigenvalue weighted by Gasteiger charge is 2.13. The smallest absolute Gasteiger partial charge is 0.298 e. The van der Waals surface area contributed by atoms with Crippen LogP contribution in [0.15, 0.2) is 18.2 Å². The van der Waals surface area contributed by atoms with Crippen molar-refractivity contribution in [3.8, 4) is 17.2 Å². The third-order valence-electron chi connectivity index (χ3n) is 1.45. The molecule has 0 saturated carbocycles. The molecule has 0 spiro atoms. The van der Waals surface area contributed by atoms with Crippen LogP contribution in [0.1, 0.15) is 1.37 Å². The van der Waals surface area contributed by atoms with E-state index < -0.39 is 6.77 Å². The summed E-state index contributed by atoms with van der Waals surface area (Å²) in [5.74, 6) is 1.27. The van der Waals surface area contributed by atoms with Gasteiger partial charge in [-0.3, -0.25) is 4.79 Å². The highest BCUT2D eigenvalue weighted by Crippen LogP contribution is 2.34. The van der Waals surface area contributed by atoms with E-state index in [1.807, 2.05) is 0 Å². The summed E-state index contributed by atoms with van der Waals surface area (Å²) in [7, 11) is 0. The topological polar surface area (TPSA) is 44.8 Å². The van der Waals surface area contributed by atoms with Crippen molar-refractivity contribution in [2.75, 3.05) is 6.77 Å². The fourth-order valence-electron chi connectivity index (χ4n) is 0.934. The number of fused-ring (bicyclic) bond motifs is 1. The van der Waals surface area contributed by atoms with Crippen molar-refractivity contribution in [2.24, 2.45) is 0 Å². The summed E-state index contributed by atoms with van der Waals surface area (Å²) in [4.78, 5) is 10.0. The van der Waals surface area contributed by atoms with E-state index >= 15 is 0 Å².